The van der Waals surface area contributed by atoms with Gasteiger partial charge < -0.3 is 19.6 Å². The second-order valence-electron chi connectivity index (χ2n) is 7.89. The highest BCUT2D eigenvalue weighted by atomic mass is 79.9. The summed E-state index contributed by atoms with van der Waals surface area (Å²) in [6, 6.07) is 12.0. The zero-order valence-corrected chi connectivity index (χ0v) is 19.8. The number of carbonyl (C=O) groups excluding carboxylic acids is 2. The van der Waals surface area contributed by atoms with Crippen molar-refractivity contribution in [2.45, 2.75) is 19.4 Å². The molecule has 0 aromatic heterocycles. The highest BCUT2D eigenvalue weighted by Crippen LogP contribution is 2.40. The minimum absolute atomic E-state index is 0.109. The molecule has 1 fully saturated rings. The number of nitrogens with zero attached hydrogens (tertiary/aromatic N) is 2. The van der Waals surface area contributed by atoms with Crippen LogP contribution in [0.25, 0.3) is 5.76 Å². The average Bonchev–Trinajstić information content (AvgIpc) is 2.98. The molecule has 31 heavy (non-hydrogen) atoms. The molecule has 0 aliphatic carbocycles. The number of carbonyl (C=O) groups is 2. The van der Waals surface area contributed by atoms with Gasteiger partial charge in [0.15, 0.2) is 0 Å². The van der Waals surface area contributed by atoms with E-state index >= 15 is 0 Å². The Hall–Kier alpha value is -2.64. The summed E-state index contributed by atoms with van der Waals surface area (Å²) < 4.78 is 6.13. The van der Waals surface area contributed by atoms with E-state index in [1.165, 1.54) is 0 Å². The van der Waals surface area contributed by atoms with Gasteiger partial charge in [-0.25, -0.2) is 0 Å². The quantitative estimate of drug-likeness (QED) is 0.361. The molecule has 6 nitrogen and oxygen atoms in total. The molecule has 0 radical (unpaired) electrons. The maximum atomic E-state index is 13.0. The fourth-order valence-corrected chi connectivity index (χ4v) is 4.29. The van der Waals surface area contributed by atoms with Gasteiger partial charge in [0, 0.05) is 16.6 Å². The van der Waals surface area contributed by atoms with Crippen LogP contribution in [0.5, 0.6) is 5.75 Å². The first kappa shape index (κ1) is 23.0. The van der Waals surface area contributed by atoms with Gasteiger partial charge in [-0.3, -0.25) is 9.59 Å². The molecule has 1 heterocycles. The summed E-state index contributed by atoms with van der Waals surface area (Å²) in [5, 5.41) is 11.1. The minimum Gasteiger partial charge on any atom is -0.507 e. The van der Waals surface area contributed by atoms with Crippen LogP contribution in [-0.2, 0) is 9.59 Å². The zero-order chi connectivity index (χ0) is 22.7. The molecule has 0 spiro atoms. The van der Waals surface area contributed by atoms with Crippen molar-refractivity contribution < 1.29 is 19.4 Å². The Morgan fingerprint density at radius 2 is 1.94 bits per heavy atom. The van der Waals surface area contributed by atoms with Crippen LogP contribution < -0.4 is 4.74 Å². The van der Waals surface area contributed by atoms with E-state index in [0.29, 0.717) is 24.3 Å². The van der Waals surface area contributed by atoms with Crippen LogP contribution in [-0.4, -0.2) is 60.9 Å². The highest BCUT2D eigenvalue weighted by Gasteiger charge is 2.45. The number of aliphatic hydroxyl groups is 1. The summed E-state index contributed by atoms with van der Waals surface area (Å²) in [5.74, 6) is -0.746. The number of aryl methyl sites for hydroxylation is 1. The van der Waals surface area contributed by atoms with E-state index < -0.39 is 17.7 Å². The number of aliphatic hydroxyl groups excluding tert-OH is 1. The minimum atomic E-state index is -0.666. The summed E-state index contributed by atoms with van der Waals surface area (Å²) in [7, 11) is 5.51. The summed E-state index contributed by atoms with van der Waals surface area (Å²) in [5.41, 5.74) is 2.18. The van der Waals surface area contributed by atoms with Crippen LogP contribution >= 0.6 is 15.9 Å². The second-order valence-corrected chi connectivity index (χ2v) is 8.80. The lowest BCUT2D eigenvalue weighted by Crippen LogP contribution is -2.32. The Kier molecular flexibility index (Phi) is 7.18. The van der Waals surface area contributed by atoms with E-state index in [1.54, 1.807) is 30.2 Å². The number of hydrogen-bond acceptors (Lipinski definition) is 5. The van der Waals surface area contributed by atoms with E-state index in [9.17, 15) is 14.7 Å². The van der Waals surface area contributed by atoms with Gasteiger partial charge in [-0.1, -0.05) is 28.1 Å². The number of rotatable bonds is 7. The van der Waals surface area contributed by atoms with Crippen molar-refractivity contribution in [1.82, 2.24) is 9.80 Å². The molecule has 7 heteroatoms. The molecule has 1 aliphatic heterocycles. The fourth-order valence-electron chi connectivity index (χ4n) is 3.87. The van der Waals surface area contributed by atoms with Gasteiger partial charge >= 0.3 is 0 Å². The molecule has 164 valence electrons. The molecule has 0 bridgehead atoms. The first-order valence-electron chi connectivity index (χ1n) is 10.1. The highest BCUT2D eigenvalue weighted by molar-refractivity contribution is 9.10. The number of methoxy groups -OCH3 is 1. The van der Waals surface area contributed by atoms with Crippen molar-refractivity contribution in [1.29, 1.82) is 0 Å². The van der Waals surface area contributed by atoms with E-state index in [-0.39, 0.29) is 11.3 Å². The van der Waals surface area contributed by atoms with E-state index in [2.05, 4.69) is 15.9 Å². The first-order chi connectivity index (χ1) is 14.7. The predicted octanol–water partition coefficient (Wildman–Crippen LogP) is 4.14. The molecule has 1 N–H and O–H groups in total. The van der Waals surface area contributed by atoms with Gasteiger partial charge in [-0.05, 0) is 75.4 Å². The number of halogens is 1. The molecule has 0 unspecified atom stereocenters. The predicted molar refractivity (Wildman–Crippen MR) is 124 cm³/mol. The third kappa shape index (κ3) is 4.83. The molecule has 1 atom stereocenters. The largest absolute Gasteiger partial charge is 0.507 e. The molecule has 1 aliphatic rings. The third-order valence-electron chi connectivity index (χ3n) is 5.38. The van der Waals surface area contributed by atoms with Gasteiger partial charge in [0.1, 0.15) is 11.5 Å². The maximum Gasteiger partial charge on any atom is 0.295 e. The van der Waals surface area contributed by atoms with Crippen molar-refractivity contribution in [2.75, 3.05) is 34.3 Å². The molecular formula is C24H27BrN2O4. The molecule has 2 aromatic carbocycles. The van der Waals surface area contributed by atoms with Crippen molar-refractivity contribution in [2.24, 2.45) is 0 Å². The molecule has 1 saturated heterocycles. The zero-order valence-electron chi connectivity index (χ0n) is 18.2. The van der Waals surface area contributed by atoms with Gasteiger partial charge in [0.05, 0.1) is 18.7 Å². The number of likely N-dealkylation sites (tertiary alicyclic amines) is 1. The number of ketones is 1. The summed E-state index contributed by atoms with van der Waals surface area (Å²) in [4.78, 5) is 29.6. The van der Waals surface area contributed by atoms with Crippen molar-refractivity contribution >= 4 is 33.4 Å². The first-order valence-corrected chi connectivity index (χ1v) is 10.9. The van der Waals surface area contributed by atoms with Crippen LogP contribution in [0.4, 0.5) is 0 Å². The average molecular weight is 487 g/mol. The second kappa shape index (κ2) is 9.66. The lowest BCUT2D eigenvalue weighted by Gasteiger charge is -2.26. The summed E-state index contributed by atoms with van der Waals surface area (Å²) in [6.45, 7) is 3.06. The standard InChI is InChI=1S/C24H27BrN2O4/c1-15-13-17(9-10-19(15)31-4)22(28)20-21(16-7-5-8-18(25)14-16)27(24(30)23(20)29)12-6-11-26(2)3/h5,7-10,13-14,21,28H,6,11-12H2,1-4H3/b22-20+/t21-/m0/s1. The number of hydrogen-bond donors (Lipinski definition) is 1. The normalized spacial score (nSPS) is 18.1. The monoisotopic (exact) mass is 486 g/mol. The van der Waals surface area contributed by atoms with Gasteiger partial charge in [0.25, 0.3) is 11.7 Å². The van der Waals surface area contributed by atoms with Crippen LogP contribution in [0.3, 0.4) is 0 Å². The van der Waals surface area contributed by atoms with Crippen LogP contribution in [0.2, 0.25) is 0 Å². The Labute approximate surface area is 191 Å². The number of benzene rings is 2. The molecule has 2 aromatic rings. The molecule has 1 amide bonds. The Balaban J connectivity index is 2.11. The van der Waals surface area contributed by atoms with Gasteiger partial charge in [-0.15, -0.1) is 0 Å². The number of Topliss-reactive ketones (excluding diaryl/α,β-unsaturated/α-hetero) is 1. The van der Waals surface area contributed by atoms with Crippen LogP contribution in [0, 0.1) is 6.92 Å². The smallest absolute Gasteiger partial charge is 0.295 e. The van der Waals surface area contributed by atoms with E-state index in [4.69, 9.17) is 4.74 Å². The topological polar surface area (TPSA) is 70.1 Å². The maximum absolute atomic E-state index is 13.0. The molecular weight excluding hydrogens is 460 g/mol. The Morgan fingerprint density at radius 3 is 2.55 bits per heavy atom. The lowest BCUT2D eigenvalue weighted by molar-refractivity contribution is -0.139. The molecule has 0 saturated carbocycles. The third-order valence-corrected chi connectivity index (χ3v) is 5.87. The van der Waals surface area contributed by atoms with Gasteiger partial charge in [-0.2, -0.15) is 0 Å². The summed E-state index contributed by atoms with van der Waals surface area (Å²) in [6.07, 6.45) is 0.714. The summed E-state index contributed by atoms with van der Waals surface area (Å²) >= 11 is 3.47. The molecule has 3 rings (SSSR count). The number of ether oxygens (including phenoxy) is 1. The van der Waals surface area contributed by atoms with Gasteiger partial charge in [0.2, 0.25) is 0 Å². The van der Waals surface area contributed by atoms with Crippen LogP contribution in [0.15, 0.2) is 52.5 Å². The lowest BCUT2D eigenvalue weighted by atomic mass is 9.94. The number of amides is 1. The van der Waals surface area contributed by atoms with Crippen molar-refractivity contribution in [3.63, 3.8) is 0 Å². The van der Waals surface area contributed by atoms with Crippen LogP contribution in [0.1, 0.15) is 29.2 Å². The van der Waals surface area contributed by atoms with E-state index in [0.717, 1.165) is 22.1 Å². The van der Waals surface area contributed by atoms with Crippen molar-refractivity contribution in [3.05, 3.63) is 69.2 Å². The SMILES string of the molecule is COc1ccc(/C(O)=C2\C(=O)C(=O)N(CCCN(C)C)[C@H]2c2cccc(Br)c2)cc1C. The Morgan fingerprint density at radius 1 is 1.19 bits per heavy atom. The van der Waals surface area contributed by atoms with Crippen molar-refractivity contribution in [3.8, 4) is 5.75 Å². The fraction of sp³-hybridized carbons (Fsp3) is 0.333. The van der Waals surface area contributed by atoms with E-state index in [1.807, 2.05) is 50.2 Å². The Bertz CT molecular complexity index is 1030.